The van der Waals surface area contributed by atoms with Crippen molar-refractivity contribution < 1.29 is 23.6 Å². The molecule has 1 amide bonds. The second kappa shape index (κ2) is 10.1. The van der Waals surface area contributed by atoms with Gasteiger partial charge < -0.3 is 14.8 Å². The number of ether oxygens (including phenoxy) is 2. The van der Waals surface area contributed by atoms with E-state index in [1.165, 1.54) is 24.5 Å². The molecule has 1 aromatic carbocycles. The van der Waals surface area contributed by atoms with Gasteiger partial charge in [0.25, 0.3) is 5.69 Å². The van der Waals surface area contributed by atoms with Crippen molar-refractivity contribution in [1.82, 2.24) is 10.3 Å². The summed E-state index contributed by atoms with van der Waals surface area (Å²) < 4.78 is 25.1. The highest BCUT2D eigenvalue weighted by atomic mass is 19.1. The van der Waals surface area contributed by atoms with Crippen molar-refractivity contribution in [2.45, 2.75) is 51.7 Å². The number of nitro benzene ring substituents is 1. The zero-order valence-corrected chi connectivity index (χ0v) is 18.6. The number of aromatic nitrogens is 1. The topological polar surface area (TPSA) is 104 Å². The minimum absolute atomic E-state index is 0.0206. The van der Waals surface area contributed by atoms with E-state index in [9.17, 15) is 19.3 Å². The average molecular weight is 453 g/mol. The number of carbonyl (C=O) groups is 1. The highest BCUT2D eigenvalue weighted by Gasteiger charge is 2.21. The van der Waals surface area contributed by atoms with Crippen molar-refractivity contribution in [3.8, 4) is 23.3 Å². The number of benzene rings is 1. The van der Waals surface area contributed by atoms with E-state index in [4.69, 9.17) is 9.47 Å². The van der Waals surface area contributed by atoms with Crippen LogP contribution in [0.2, 0.25) is 0 Å². The molecular weight excluding hydrogens is 429 g/mol. The number of alkyl carbamates (subject to hydrolysis) is 1. The Morgan fingerprint density at radius 2 is 2.06 bits per heavy atom. The summed E-state index contributed by atoms with van der Waals surface area (Å²) in [6.45, 7) is 5.44. The number of hydrogen-bond acceptors (Lipinski definition) is 6. The Balaban J connectivity index is 1.67. The van der Waals surface area contributed by atoms with Gasteiger partial charge in [-0.1, -0.05) is 17.9 Å². The van der Waals surface area contributed by atoms with Crippen molar-refractivity contribution in [2.75, 3.05) is 0 Å². The summed E-state index contributed by atoms with van der Waals surface area (Å²) in [6, 6.07) is 4.69. The highest BCUT2D eigenvalue weighted by molar-refractivity contribution is 5.68. The lowest BCUT2D eigenvalue weighted by Gasteiger charge is -2.24. The maximum atomic E-state index is 14.2. The molecule has 1 aliphatic rings. The van der Waals surface area contributed by atoms with Crippen LogP contribution in [0.15, 0.2) is 48.3 Å². The number of nitro groups is 1. The molecule has 172 valence electrons. The van der Waals surface area contributed by atoms with Crippen LogP contribution < -0.4 is 10.1 Å². The van der Waals surface area contributed by atoms with Gasteiger partial charge in [-0.05, 0) is 51.7 Å². The predicted molar refractivity (Wildman–Crippen MR) is 119 cm³/mol. The van der Waals surface area contributed by atoms with E-state index in [2.05, 4.69) is 22.1 Å². The van der Waals surface area contributed by atoms with Crippen molar-refractivity contribution in [3.63, 3.8) is 0 Å². The van der Waals surface area contributed by atoms with Gasteiger partial charge in [0.05, 0.1) is 16.6 Å². The highest BCUT2D eigenvalue weighted by Crippen LogP contribution is 2.29. The Bertz CT molecular complexity index is 1140. The van der Waals surface area contributed by atoms with E-state index in [0.717, 1.165) is 18.1 Å². The number of non-ortho nitro benzene ring substituents is 1. The van der Waals surface area contributed by atoms with E-state index in [0.29, 0.717) is 18.4 Å². The van der Waals surface area contributed by atoms with Crippen molar-refractivity contribution >= 4 is 11.8 Å². The van der Waals surface area contributed by atoms with E-state index in [-0.39, 0.29) is 23.2 Å². The summed E-state index contributed by atoms with van der Waals surface area (Å²) in [5, 5.41) is 13.6. The number of allylic oxidation sites excluding steroid dienone is 1. The third-order valence-corrected chi connectivity index (χ3v) is 4.62. The lowest BCUT2D eigenvalue weighted by atomic mass is 9.95. The van der Waals surface area contributed by atoms with Gasteiger partial charge in [0.1, 0.15) is 11.4 Å². The van der Waals surface area contributed by atoms with E-state index in [1.54, 1.807) is 6.07 Å². The van der Waals surface area contributed by atoms with E-state index < -0.39 is 22.4 Å². The summed E-state index contributed by atoms with van der Waals surface area (Å²) in [6.07, 6.45) is 6.55. The van der Waals surface area contributed by atoms with Crippen LogP contribution in [-0.4, -0.2) is 27.6 Å². The first-order chi connectivity index (χ1) is 15.6. The van der Waals surface area contributed by atoms with Crippen LogP contribution in [-0.2, 0) is 4.74 Å². The molecule has 1 heterocycles. The molecule has 1 aromatic heterocycles. The number of nitrogens with zero attached hydrogens (tertiary/aromatic N) is 2. The SMILES string of the molecule is CC(C)(C)OC(=O)NC1CC=C(C#Cc2cnccc2Oc2ccc([N+](=O)[O-])cc2F)CC1. The molecule has 0 radical (unpaired) electrons. The summed E-state index contributed by atoms with van der Waals surface area (Å²) in [5.41, 5.74) is 0.448. The smallest absolute Gasteiger partial charge is 0.407 e. The second-order valence-electron chi connectivity index (χ2n) is 8.44. The first-order valence-electron chi connectivity index (χ1n) is 10.4. The number of carbonyl (C=O) groups excluding carboxylic acids is 1. The molecule has 9 heteroatoms. The zero-order chi connectivity index (χ0) is 24.0. The Morgan fingerprint density at radius 3 is 2.70 bits per heavy atom. The van der Waals surface area contributed by atoms with Crippen LogP contribution in [0.4, 0.5) is 14.9 Å². The molecule has 2 aromatic rings. The van der Waals surface area contributed by atoms with Crippen LogP contribution in [0.5, 0.6) is 11.5 Å². The maximum Gasteiger partial charge on any atom is 0.407 e. The normalized spacial score (nSPS) is 15.5. The van der Waals surface area contributed by atoms with Crippen LogP contribution in [0.25, 0.3) is 0 Å². The predicted octanol–water partition coefficient (Wildman–Crippen LogP) is 5.28. The fraction of sp³-hybridized carbons (Fsp3) is 0.333. The lowest BCUT2D eigenvalue weighted by Crippen LogP contribution is -2.39. The molecule has 0 fully saturated rings. The van der Waals surface area contributed by atoms with Crippen LogP contribution >= 0.6 is 0 Å². The molecule has 1 unspecified atom stereocenters. The first kappa shape index (κ1) is 23.7. The third-order valence-electron chi connectivity index (χ3n) is 4.62. The number of amides is 1. The fourth-order valence-corrected chi connectivity index (χ4v) is 3.07. The average Bonchev–Trinajstić information content (AvgIpc) is 2.74. The quantitative estimate of drug-likeness (QED) is 0.384. The molecule has 8 nitrogen and oxygen atoms in total. The third kappa shape index (κ3) is 7.04. The Kier molecular flexibility index (Phi) is 7.28. The maximum absolute atomic E-state index is 14.2. The van der Waals surface area contributed by atoms with Crippen LogP contribution in [0, 0.1) is 27.8 Å². The number of rotatable bonds is 4. The molecule has 33 heavy (non-hydrogen) atoms. The zero-order valence-electron chi connectivity index (χ0n) is 18.6. The van der Waals surface area contributed by atoms with E-state index >= 15 is 0 Å². The summed E-state index contributed by atoms with van der Waals surface area (Å²) in [5.74, 6) is 5.35. The van der Waals surface area contributed by atoms with Gasteiger partial charge in [-0.3, -0.25) is 15.1 Å². The first-order valence-corrected chi connectivity index (χ1v) is 10.4. The molecular formula is C24H24FN3O5. The fourth-order valence-electron chi connectivity index (χ4n) is 3.07. The molecule has 3 rings (SSSR count). The summed E-state index contributed by atoms with van der Waals surface area (Å²) in [4.78, 5) is 26.1. The minimum Gasteiger partial charge on any atom is -0.453 e. The van der Waals surface area contributed by atoms with Gasteiger partial charge in [-0.15, -0.1) is 0 Å². The number of halogens is 1. The van der Waals surface area contributed by atoms with Crippen LogP contribution in [0.3, 0.4) is 0 Å². The van der Waals surface area contributed by atoms with E-state index in [1.807, 2.05) is 26.8 Å². The monoisotopic (exact) mass is 453 g/mol. The number of pyridine rings is 1. The lowest BCUT2D eigenvalue weighted by molar-refractivity contribution is -0.385. The second-order valence-corrected chi connectivity index (χ2v) is 8.44. The minimum atomic E-state index is -0.849. The molecule has 1 atom stereocenters. The Hall–Kier alpha value is -3.93. The Morgan fingerprint density at radius 1 is 1.27 bits per heavy atom. The van der Waals surface area contributed by atoms with Crippen LogP contribution in [0.1, 0.15) is 45.6 Å². The largest absolute Gasteiger partial charge is 0.453 e. The molecule has 0 saturated carbocycles. The molecule has 0 bridgehead atoms. The van der Waals surface area contributed by atoms with Crippen molar-refractivity contribution in [2.24, 2.45) is 0 Å². The molecule has 0 spiro atoms. The van der Waals surface area contributed by atoms with Crippen molar-refractivity contribution in [1.29, 1.82) is 0 Å². The van der Waals surface area contributed by atoms with Gasteiger partial charge >= 0.3 is 6.09 Å². The number of nitrogens with one attached hydrogen (secondary N) is 1. The van der Waals surface area contributed by atoms with Gasteiger partial charge in [0.15, 0.2) is 11.6 Å². The summed E-state index contributed by atoms with van der Waals surface area (Å²) >= 11 is 0. The van der Waals surface area contributed by atoms with Gasteiger partial charge in [-0.2, -0.15) is 0 Å². The molecule has 0 saturated heterocycles. The van der Waals surface area contributed by atoms with Crippen molar-refractivity contribution in [3.05, 3.63) is 69.8 Å². The van der Waals surface area contributed by atoms with Gasteiger partial charge in [0, 0.05) is 30.6 Å². The molecule has 1 aliphatic carbocycles. The molecule has 1 N–H and O–H groups in total. The number of hydrogen-bond donors (Lipinski definition) is 1. The summed E-state index contributed by atoms with van der Waals surface area (Å²) in [7, 11) is 0. The van der Waals surface area contributed by atoms with Gasteiger partial charge in [0.2, 0.25) is 0 Å². The standard InChI is InChI=1S/C24H24FN3O5/c1-24(2,3)33-23(29)27-18-8-5-16(6-9-18)4-7-17-15-26-13-12-21(17)32-22-11-10-19(28(30)31)14-20(22)25/h5,10-15,18H,6,8-9H2,1-3H3,(H,27,29). The Labute approximate surface area is 191 Å². The molecule has 0 aliphatic heterocycles. The van der Waals surface area contributed by atoms with Gasteiger partial charge in [-0.25, -0.2) is 9.18 Å².